The van der Waals surface area contributed by atoms with Gasteiger partial charge in [-0.3, -0.25) is 0 Å². The Morgan fingerprint density at radius 1 is 1.17 bits per heavy atom. The molecule has 0 bridgehead atoms. The maximum atomic E-state index is 11.5. The van der Waals surface area contributed by atoms with Crippen molar-refractivity contribution >= 4 is 21.8 Å². The Morgan fingerprint density at radius 3 is 2.46 bits per heavy atom. The molecule has 0 saturated heterocycles. The molecule has 8 heteroatoms. The summed E-state index contributed by atoms with van der Waals surface area (Å²) in [6.45, 7) is 0.449. The number of hydrogen-bond acceptors (Lipinski definition) is 6. The number of sulfonamides is 1. The molecule has 0 radical (unpaired) electrons. The van der Waals surface area contributed by atoms with E-state index in [0.29, 0.717) is 23.6 Å². The second-order valence-corrected chi connectivity index (χ2v) is 7.37. The Bertz CT molecular complexity index is 823. The third kappa shape index (κ3) is 4.41. The minimum absolute atomic E-state index is 0.0552. The molecular weight excluding hydrogens is 348 g/mol. The summed E-state index contributed by atoms with van der Waals surface area (Å²) in [7, 11) is -0.368. The smallest absolute Gasteiger partial charge is 0.238 e. The highest BCUT2D eigenvalue weighted by atomic mass is 32.2. The average Bonchev–Trinajstić information content (AvgIpc) is 2.55. The Labute approximate surface area is 146 Å². The molecule has 130 valence electrons. The van der Waals surface area contributed by atoms with Gasteiger partial charge < -0.3 is 14.8 Å². The lowest BCUT2D eigenvalue weighted by molar-refractivity contribution is 0.402. The van der Waals surface area contributed by atoms with Crippen molar-refractivity contribution < 1.29 is 17.9 Å². The van der Waals surface area contributed by atoms with Crippen molar-refractivity contribution in [3.8, 4) is 17.2 Å². The van der Waals surface area contributed by atoms with Gasteiger partial charge in [-0.1, -0.05) is 0 Å². The minimum Gasteiger partial charge on any atom is -0.496 e. The molecule has 0 heterocycles. The highest BCUT2D eigenvalue weighted by Crippen LogP contribution is 2.34. The molecule has 0 unspecified atom stereocenters. The van der Waals surface area contributed by atoms with Crippen LogP contribution in [0.2, 0.25) is 0 Å². The largest absolute Gasteiger partial charge is 0.496 e. The van der Waals surface area contributed by atoms with Crippen LogP contribution in [0.1, 0.15) is 5.56 Å². The summed E-state index contributed by atoms with van der Waals surface area (Å²) in [5.41, 5.74) is 0.700. The van der Waals surface area contributed by atoms with Gasteiger partial charge in [0, 0.05) is 12.1 Å². The fourth-order valence-corrected chi connectivity index (χ4v) is 3.32. The zero-order valence-corrected chi connectivity index (χ0v) is 15.3. The van der Waals surface area contributed by atoms with Crippen LogP contribution < -0.4 is 19.9 Å². The lowest BCUT2D eigenvalue weighted by Gasteiger charge is -2.14. The van der Waals surface area contributed by atoms with Crippen molar-refractivity contribution in [2.24, 2.45) is 5.14 Å². The summed E-state index contributed by atoms with van der Waals surface area (Å²) in [5.74, 6) is 1.98. The highest BCUT2D eigenvalue weighted by Gasteiger charge is 2.13. The number of nitrogens with one attached hydrogen (secondary N) is 1. The summed E-state index contributed by atoms with van der Waals surface area (Å²) in [4.78, 5) is 1.01. The average molecular weight is 368 g/mol. The van der Waals surface area contributed by atoms with Crippen molar-refractivity contribution in [3.05, 3.63) is 42.0 Å². The molecule has 2 aromatic carbocycles. The Balaban J connectivity index is 2.38. The molecule has 0 atom stereocenters. The number of primary sulfonamides is 1. The summed E-state index contributed by atoms with van der Waals surface area (Å²) in [6, 6.07) is 10.1. The molecule has 0 aliphatic rings. The van der Waals surface area contributed by atoms with Crippen LogP contribution in [0.15, 0.2) is 46.2 Å². The van der Waals surface area contributed by atoms with Gasteiger partial charge in [0.25, 0.3) is 0 Å². The quantitative estimate of drug-likeness (QED) is 0.730. The molecule has 2 aromatic rings. The van der Waals surface area contributed by atoms with Gasteiger partial charge in [-0.15, -0.1) is 11.8 Å². The zero-order chi connectivity index (χ0) is 17.7. The van der Waals surface area contributed by atoms with Crippen LogP contribution in [0.5, 0.6) is 17.2 Å². The van der Waals surface area contributed by atoms with Crippen LogP contribution in [-0.4, -0.2) is 28.8 Å². The van der Waals surface area contributed by atoms with Gasteiger partial charge in [-0.2, -0.15) is 0 Å². The van der Waals surface area contributed by atoms with Gasteiger partial charge >= 0.3 is 0 Å². The van der Waals surface area contributed by atoms with E-state index in [-0.39, 0.29) is 4.90 Å². The number of nitrogens with two attached hydrogens (primary N) is 1. The van der Waals surface area contributed by atoms with E-state index < -0.39 is 10.0 Å². The number of hydrogen-bond donors (Lipinski definition) is 2. The maximum absolute atomic E-state index is 11.5. The number of ether oxygens (including phenoxy) is 2. The van der Waals surface area contributed by atoms with Gasteiger partial charge in [-0.05, 0) is 49.7 Å². The van der Waals surface area contributed by atoms with Crippen LogP contribution in [0.4, 0.5) is 0 Å². The van der Waals surface area contributed by atoms with E-state index in [2.05, 4.69) is 5.32 Å². The molecule has 0 aromatic heterocycles. The van der Waals surface area contributed by atoms with Gasteiger partial charge in [0.05, 0.1) is 16.9 Å². The number of rotatable bonds is 7. The van der Waals surface area contributed by atoms with E-state index in [4.69, 9.17) is 14.6 Å². The molecule has 2 rings (SSSR count). The Morgan fingerprint density at radius 2 is 1.88 bits per heavy atom. The van der Waals surface area contributed by atoms with Gasteiger partial charge in [0.15, 0.2) is 0 Å². The third-order valence-electron chi connectivity index (χ3n) is 3.31. The first kappa shape index (κ1) is 18.6. The predicted molar refractivity (Wildman–Crippen MR) is 95.4 cm³/mol. The van der Waals surface area contributed by atoms with E-state index in [0.717, 1.165) is 10.6 Å². The second-order valence-electron chi connectivity index (χ2n) is 4.96. The van der Waals surface area contributed by atoms with Crippen molar-refractivity contribution in [1.82, 2.24) is 5.32 Å². The van der Waals surface area contributed by atoms with Crippen LogP contribution in [0, 0.1) is 0 Å². The third-order valence-corrected chi connectivity index (χ3v) is 4.98. The molecule has 6 nitrogen and oxygen atoms in total. The molecule has 0 spiro atoms. The maximum Gasteiger partial charge on any atom is 0.238 e. The summed E-state index contributed by atoms with van der Waals surface area (Å²) < 4.78 is 34.2. The van der Waals surface area contributed by atoms with Gasteiger partial charge in [-0.25, -0.2) is 13.6 Å². The van der Waals surface area contributed by atoms with Crippen LogP contribution >= 0.6 is 11.8 Å². The summed E-state index contributed by atoms with van der Waals surface area (Å²) in [6.07, 6.45) is 1.95. The molecule has 0 fully saturated rings. The summed E-state index contributed by atoms with van der Waals surface area (Å²) in [5, 5.41) is 8.18. The molecule has 24 heavy (non-hydrogen) atoms. The highest BCUT2D eigenvalue weighted by molar-refractivity contribution is 7.98. The van der Waals surface area contributed by atoms with E-state index in [9.17, 15) is 8.42 Å². The number of methoxy groups -OCH3 is 1. The predicted octanol–water partition coefficient (Wildman–Crippen LogP) is 2.58. The molecule has 0 amide bonds. The number of benzene rings is 2. The van der Waals surface area contributed by atoms with Gasteiger partial charge in [0.2, 0.25) is 10.0 Å². The van der Waals surface area contributed by atoms with Crippen LogP contribution in [0.3, 0.4) is 0 Å². The van der Waals surface area contributed by atoms with Crippen molar-refractivity contribution in [1.29, 1.82) is 0 Å². The molecular formula is C16H20N2O4S2. The first-order chi connectivity index (χ1) is 11.4. The monoisotopic (exact) mass is 368 g/mol. The lowest BCUT2D eigenvalue weighted by atomic mass is 10.2. The van der Waals surface area contributed by atoms with Crippen LogP contribution in [-0.2, 0) is 16.6 Å². The SMILES string of the molecule is CNCc1cc(S(N)(=O)=O)ccc1Oc1ccc(OC)c(SC)c1. The fourth-order valence-electron chi connectivity index (χ4n) is 2.17. The first-order valence-corrected chi connectivity index (χ1v) is 9.86. The van der Waals surface area contributed by atoms with E-state index in [1.54, 1.807) is 38.1 Å². The second kappa shape index (κ2) is 7.89. The van der Waals surface area contributed by atoms with Crippen LogP contribution in [0.25, 0.3) is 0 Å². The van der Waals surface area contributed by atoms with Crippen molar-refractivity contribution in [2.75, 3.05) is 20.4 Å². The molecule has 0 aliphatic carbocycles. The minimum atomic E-state index is -3.76. The fraction of sp³-hybridized carbons (Fsp3) is 0.250. The topological polar surface area (TPSA) is 90.7 Å². The first-order valence-electron chi connectivity index (χ1n) is 7.09. The molecule has 0 saturated carbocycles. The Kier molecular flexibility index (Phi) is 6.11. The standard InChI is InChI=1S/C16H20N2O4S2/c1-18-10-11-8-13(24(17,19)20)5-7-14(11)22-12-4-6-15(21-2)16(9-12)23-3/h4-9,18H,10H2,1-3H3,(H2,17,19,20). The summed E-state index contributed by atoms with van der Waals surface area (Å²) >= 11 is 1.55. The normalized spacial score (nSPS) is 11.3. The van der Waals surface area contributed by atoms with Crippen molar-refractivity contribution in [2.45, 2.75) is 16.3 Å². The van der Waals surface area contributed by atoms with E-state index in [1.807, 2.05) is 18.4 Å². The molecule has 0 aliphatic heterocycles. The van der Waals surface area contributed by atoms with E-state index in [1.165, 1.54) is 12.1 Å². The number of thioether (sulfide) groups is 1. The Hall–Kier alpha value is -1.74. The molecule has 3 N–H and O–H groups in total. The zero-order valence-electron chi connectivity index (χ0n) is 13.7. The van der Waals surface area contributed by atoms with Crippen molar-refractivity contribution in [3.63, 3.8) is 0 Å². The lowest BCUT2D eigenvalue weighted by Crippen LogP contribution is -2.14. The van der Waals surface area contributed by atoms with Gasteiger partial charge in [0.1, 0.15) is 17.2 Å². The van der Waals surface area contributed by atoms with E-state index >= 15 is 0 Å².